The van der Waals surface area contributed by atoms with E-state index in [9.17, 15) is 9.59 Å². The van der Waals surface area contributed by atoms with Gasteiger partial charge in [0.2, 0.25) is 0 Å². The van der Waals surface area contributed by atoms with Crippen LogP contribution in [0.2, 0.25) is 0 Å². The van der Waals surface area contributed by atoms with Crippen molar-refractivity contribution in [2.24, 2.45) is 11.8 Å². The molecule has 0 aliphatic heterocycles. The van der Waals surface area contributed by atoms with Crippen molar-refractivity contribution < 1.29 is 14.3 Å². The Morgan fingerprint density at radius 2 is 1.69 bits per heavy atom. The predicted molar refractivity (Wildman–Crippen MR) is 100 cm³/mol. The van der Waals surface area contributed by atoms with Crippen LogP contribution in [0.25, 0.3) is 6.08 Å². The summed E-state index contributed by atoms with van der Waals surface area (Å²) in [5, 5.41) is 0. The van der Waals surface area contributed by atoms with E-state index < -0.39 is 0 Å². The van der Waals surface area contributed by atoms with E-state index in [2.05, 4.69) is 0 Å². The molecule has 3 atom stereocenters. The van der Waals surface area contributed by atoms with E-state index in [1.807, 2.05) is 72.8 Å². The number of hydrogen-bond acceptors (Lipinski definition) is 3. The molecular weight excluding hydrogens is 324 g/mol. The van der Waals surface area contributed by atoms with Gasteiger partial charge in [-0.2, -0.15) is 0 Å². The number of rotatable bonds is 3. The number of ether oxygens (including phenoxy) is 1. The summed E-state index contributed by atoms with van der Waals surface area (Å²) in [6, 6.07) is 19.8. The van der Waals surface area contributed by atoms with Crippen molar-refractivity contribution in [1.29, 1.82) is 0 Å². The van der Waals surface area contributed by atoms with Crippen molar-refractivity contribution in [1.82, 2.24) is 0 Å². The van der Waals surface area contributed by atoms with Gasteiger partial charge in [0.1, 0.15) is 0 Å². The van der Waals surface area contributed by atoms with Gasteiger partial charge < -0.3 is 4.74 Å². The Hall–Kier alpha value is -2.94. The van der Waals surface area contributed by atoms with E-state index in [0.29, 0.717) is 12.0 Å². The maximum Gasteiger partial charge on any atom is 0.334 e. The minimum Gasteiger partial charge on any atom is -0.466 e. The zero-order valence-electron chi connectivity index (χ0n) is 14.6. The lowest BCUT2D eigenvalue weighted by Crippen LogP contribution is -2.17. The molecule has 3 nitrogen and oxygen atoms in total. The number of benzene rings is 2. The van der Waals surface area contributed by atoms with E-state index in [4.69, 9.17) is 4.74 Å². The van der Waals surface area contributed by atoms with Gasteiger partial charge in [0.05, 0.1) is 7.11 Å². The molecule has 0 radical (unpaired) electrons. The number of carbonyl (C=O) groups is 2. The third-order valence-electron chi connectivity index (χ3n) is 5.38. The van der Waals surface area contributed by atoms with E-state index in [1.54, 1.807) is 0 Å². The second-order valence-electron chi connectivity index (χ2n) is 6.84. The molecule has 3 heteroatoms. The number of hydrogen-bond donors (Lipinski definition) is 0. The summed E-state index contributed by atoms with van der Waals surface area (Å²) in [7, 11) is 1.39. The zero-order valence-corrected chi connectivity index (χ0v) is 14.6. The Balaban J connectivity index is 1.72. The van der Waals surface area contributed by atoms with E-state index in [1.165, 1.54) is 7.11 Å². The average Bonchev–Trinajstić information content (AvgIpc) is 3.20. The molecule has 26 heavy (non-hydrogen) atoms. The zero-order chi connectivity index (χ0) is 18.1. The van der Waals surface area contributed by atoms with Gasteiger partial charge in [0, 0.05) is 17.4 Å². The Labute approximate surface area is 153 Å². The summed E-state index contributed by atoms with van der Waals surface area (Å²) in [5.74, 6) is -0.481. The van der Waals surface area contributed by atoms with Crippen molar-refractivity contribution in [3.63, 3.8) is 0 Å². The van der Waals surface area contributed by atoms with E-state index in [0.717, 1.165) is 16.7 Å². The SMILES string of the molecule is COC(=O)C1=C[C@@H]2C(=O)/C(=C/c3ccccc3)C[C@@H]2[C@H]1c1ccccc1. The van der Waals surface area contributed by atoms with Crippen molar-refractivity contribution in [2.75, 3.05) is 7.11 Å². The number of allylic oxidation sites excluding steroid dienone is 2. The molecule has 2 aliphatic carbocycles. The Kier molecular flexibility index (Phi) is 4.29. The highest BCUT2D eigenvalue weighted by Gasteiger charge is 2.49. The van der Waals surface area contributed by atoms with Gasteiger partial charge in [0.25, 0.3) is 0 Å². The number of methoxy groups -OCH3 is 1. The summed E-state index contributed by atoms with van der Waals surface area (Å²) in [6.07, 6.45) is 4.49. The average molecular weight is 344 g/mol. The maximum atomic E-state index is 13.0. The molecule has 2 aromatic carbocycles. The monoisotopic (exact) mass is 344 g/mol. The van der Waals surface area contributed by atoms with Crippen molar-refractivity contribution in [2.45, 2.75) is 12.3 Å². The van der Waals surface area contributed by atoms with Crippen LogP contribution >= 0.6 is 0 Å². The van der Waals surface area contributed by atoms with Gasteiger partial charge in [-0.25, -0.2) is 4.79 Å². The molecular formula is C23H20O3. The van der Waals surface area contributed by atoms with Gasteiger partial charge >= 0.3 is 5.97 Å². The first kappa shape index (κ1) is 16.5. The van der Waals surface area contributed by atoms with Crippen molar-refractivity contribution in [3.8, 4) is 0 Å². The molecule has 130 valence electrons. The van der Waals surface area contributed by atoms with E-state index in [-0.39, 0.29) is 29.5 Å². The maximum absolute atomic E-state index is 13.0. The smallest absolute Gasteiger partial charge is 0.334 e. The van der Waals surface area contributed by atoms with Crippen LogP contribution in [0.3, 0.4) is 0 Å². The van der Waals surface area contributed by atoms with E-state index >= 15 is 0 Å². The van der Waals surface area contributed by atoms with Gasteiger partial charge in [-0.05, 0) is 35.1 Å². The van der Waals surface area contributed by atoms with Gasteiger partial charge in [-0.1, -0.05) is 66.7 Å². The lowest BCUT2D eigenvalue weighted by molar-refractivity contribution is -0.136. The molecule has 0 spiro atoms. The summed E-state index contributed by atoms with van der Waals surface area (Å²) in [6.45, 7) is 0. The minimum absolute atomic E-state index is 0.0777. The quantitative estimate of drug-likeness (QED) is 0.620. The van der Waals surface area contributed by atoms with Gasteiger partial charge in [-0.15, -0.1) is 0 Å². The molecule has 0 amide bonds. The fourth-order valence-electron chi connectivity index (χ4n) is 4.22. The highest BCUT2D eigenvalue weighted by molar-refractivity contribution is 6.06. The second-order valence-corrected chi connectivity index (χ2v) is 6.84. The first-order chi connectivity index (χ1) is 12.7. The predicted octanol–water partition coefficient (Wildman–Crippen LogP) is 4.17. The standard InChI is InChI=1S/C23H20O3/c1-26-23(25)20-14-19-18(21(20)16-10-6-3-7-11-16)13-17(22(19)24)12-15-8-4-2-5-9-15/h2-12,14,18-19,21H,13H2,1H3/b17-12+/t18-,19-,21+/m0/s1. The molecule has 0 heterocycles. The minimum atomic E-state index is -0.338. The van der Waals surface area contributed by atoms with Crippen LogP contribution in [0.4, 0.5) is 0 Å². The summed E-state index contributed by atoms with van der Waals surface area (Å²) in [5.41, 5.74) is 3.54. The highest BCUT2D eigenvalue weighted by atomic mass is 16.5. The first-order valence-corrected chi connectivity index (χ1v) is 8.84. The topological polar surface area (TPSA) is 43.4 Å². The van der Waals surface area contributed by atoms with Crippen LogP contribution in [0, 0.1) is 11.8 Å². The fourth-order valence-corrected chi connectivity index (χ4v) is 4.22. The molecule has 1 fully saturated rings. The molecule has 1 saturated carbocycles. The lowest BCUT2D eigenvalue weighted by atomic mass is 9.82. The molecule has 0 N–H and O–H groups in total. The number of esters is 1. The summed E-state index contributed by atoms with van der Waals surface area (Å²) in [4.78, 5) is 25.3. The molecule has 0 unspecified atom stereocenters. The van der Waals surface area contributed by atoms with Crippen LogP contribution in [0.15, 0.2) is 77.9 Å². The van der Waals surface area contributed by atoms with Crippen molar-refractivity contribution >= 4 is 17.8 Å². The van der Waals surface area contributed by atoms with Gasteiger partial charge in [0.15, 0.2) is 5.78 Å². The third kappa shape index (κ3) is 2.80. The van der Waals surface area contributed by atoms with Gasteiger partial charge in [-0.3, -0.25) is 4.79 Å². The molecule has 4 rings (SSSR count). The number of Topliss-reactive ketones (excluding diaryl/α,β-unsaturated/α-hetero) is 1. The fraction of sp³-hybridized carbons (Fsp3) is 0.217. The molecule has 0 saturated heterocycles. The summed E-state index contributed by atoms with van der Waals surface area (Å²) < 4.78 is 4.98. The second kappa shape index (κ2) is 6.75. The Bertz CT molecular complexity index is 894. The Morgan fingerprint density at radius 1 is 1.04 bits per heavy atom. The van der Waals surface area contributed by atoms with Crippen LogP contribution < -0.4 is 0 Å². The van der Waals surface area contributed by atoms with Crippen molar-refractivity contribution in [3.05, 3.63) is 89.0 Å². The van der Waals surface area contributed by atoms with Crippen LogP contribution in [-0.2, 0) is 14.3 Å². The number of fused-ring (bicyclic) bond motifs is 1. The number of carbonyl (C=O) groups excluding carboxylic acids is 2. The van der Waals surface area contributed by atoms with Crippen LogP contribution in [0.5, 0.6) is 0 Å². The first-order valence-electron chi connectivity index (χ1n) is 8.84. The molecule has 0 aromatic heterocycles. The normalized spacial score (nSPS) is 25.9. The Morgan fingerprint density at radius 3 is 2.35 bits per heavy atom. The molecule has 2 aromatic rings. The van der Waals surface area contributed by atoms with Crippen LogP contribution in [-0.4, -0.2) is 18.9 Å². The summed E-state index contributed by atoms with van der Waals surface area (Å²) >= 11 is 0. The van der Waals surface area contributed by atoms with Crippen LogP contribution in [0.1, 0.15) is 23.5 Å². The lowest BCUT2D eigenvalue weighted by Gasteiger charge is -2.21. The number of ketones is 1. The highest BCUT2D eigenvalue weighted by Crippen LogP contribution is 2.52. The molecule has 0 bridgehead atoms. The molecule has 2 aliphatic rings. The largest absolute Gasteiger partial charge is 0.466 e. The third-order valence-corrected chi connectivity index (χ3v) is 5.38.